The number of halogens is 1. The van der Waals surface area contributed by atoms with E-state index in [0.717, 1.165) is 38.2 Å². The summed E-state index contributed by atoms with van der Waals surface area (Å²) in [6, 6.07) is 14.1. The average molecular weight is 356 g/mol. The van der Waals surface area contributed by atoms with Crippen molar-refractivity contribution >= 4 is 11.6 Å². The number of hydrogen-bond donors (Lipinski definition) is 1. The standard InChI is InChI=1S/C21H25FN2O2/c1-2-26-20-5-3-4-16(14-20)15-24-12-10-17(11-13-24)21(25)23-19-8-6-18(22)7-9-19/h3-9,14,17H,2,10-13,15H2,1H3,(H,23,25). The lowest BCUT2D eigenvalue weighted by Crippen LogP contribution is -2.37. The van der Waals surface area contributed by atoms with E-state index < -0.39 is 0 Å². The molecule has 0 aromatic heterocycles. The van der Waals surface area contributed by atoms with Crippen molar-refractivity contribution in [1.29, 1.82) is 0 Å². The molecule has 26 heavy (non-hydrogen) atoms. The Morgan fingerprint density at radius 1 is 1.19 bits per heavy atom. The van der Waals surface area contributed by atoms with Crippen LogP contribution in [0.2, 0.25) is 0 Å². The first kappa shape index (κ1) is 18.4. The van der Waals surface area contributed by atoms with Crippen LogP contribution in [0.3, 0.4) is 0 Å². The molecular formula is C21H25FN2O2. The molecule has 1 fully saturated rings. The van der Waals surface area contributed by atoms with E-state index >= 15 is 0 Å². The molecule has 1 N–H and O–H groups in total. The lowest BCUT2D eigenvalue weighted by Gasteiger charge is -2.31. The van der Waals surface area contributed by atoms with Gasteiger partial charge in [0.1, 0.15) is 11.6 Å². The summed E-state index contributed by atoms with van der Waals surface area (Å²) in [5.41, 5.74) is 1.87. The highest BCUT2D eigenvalue weighted by atomic mass is 19.1. The van der Waals surface area contributed by atoms with Gasteiger partial charge in [0, 0.05) is 18.2 Å². The molecule has 0 bridgehead atoms. The number of carbonyl (C=O) groups excluding carboxylic acids is 1. The Balaban J connectivity index is 1.48. The van der Waals surface area contributed by atoms with E-state index in [9.17, 15) is 9.18 Å². The SMILES string of the molecule is CCOc1cccc(CN2CCC(C(=O)Nc3ccc(F)cc3)CC2)c1. The third-order valence-corrected chi connectivity index (χ3v) is 4.69. The molecule has 0 saturated carbocycles. The molecule has 1 amide bonds. The zero-order valence-corrected chi connectivity index (χ0v) is 15.1. The number of ether oxygens (including phenoxy) is 1. The van der Waals surface area contributed by atoms with Crippen LogP contribution >= 0.6 is 0 Å². The largest absolute Gasteiger partial charge is 0.494 e. The molecule has 0 aliphatic carbocycles. The molecule has 1 saturated heterocycles. The highest BCUT2D eigenvalue weighted by Crippen LogP contribution is 2.22. The van der Waals surface area contributed by atoms with Crippen molar-refractivity contribution in [2.24, 2.45) is 5.92 Å². The average Bonchev–Trinajstić information content (AvgIpc) is 2.65. The summed E-state index contributed by atoms with van der Waals surface area (Å²) in [6.45, 7) is 5.29. The Morgan fingerprint density at radius 3 is 2.62 bits per heavy atom. The second kappa shape index (κ2) is 8.81. The number of carbonyl (C=O) groups is 1. The van der Waals surface area contributed by atoms with Gasteiger partial charge in [-0.25, -0.2) is 4.39 Å². The normalized spacial score (nSPS) is 15.6. The summed E-state index contributed by atoms with van der Waals surface area (Å²) in [5, 5.41) is 2.88. The summed E-state index contributed by atoms with van der Waals surface area (Å²) < 4.78 is 18.5. The van der Waals surface area contributed by atoms with Gasteiger partial charge in [-0.1, -0.05) is 12.1 Å². The zero-order chi connectivity index (χ0) is 18.4. The number of likely N-dealkylation sites (tertiary alicyclic amines) is 1. The van der Waals surface area contributed by atoms with Crippen LogP contribution in [0, 0.1) is 11.7 Å². The number of hydrogen-bond acceptors (Lipinski definition) is 3. The summed E-state index contributed by atoms with van der Waals surface area (Å²) in [5.74, 6) is 0.629. The lowest BCUT2D eigenvalue weighted by molar-refractivity contribution is -0.121. The van der Waals surface area contributed by atoms with Gasteiger partial charge < -0.3 is 10.1 Å². The van der Waals surface area contributed by atoms with Crippen molar-refractivity contribution in [3.63, 3.8) is 0 Å². The number of nitrogens with zero attached hydrogens (tertiary/aromatic N) is 1. The maximum atomic E-state index is 12.9. The number of amides is 1. The molecule has 0 unspecified atom stereocenters. The van der Waals surface area contributed by atoms with E-state index in [1.165, 1.54) is 17.7 Å². The minimum atomic E-state index is -0.301. The Morgan fingerprint density at radius 2 is 1.92 bits per heavy atom. The van der Waals surface area contributed by atoms with E-state index in [4.69, 9.17) is 4.74 Å². The molecule has 2 aromatic rings. The van der Waals surface area contributed by atoms with E-state index in [1.807, 2.05) is 19.1 Å². The Kier molecular flexibility index (Phi) is 6.23. The van der Waals surface area contributed by atoms with Gasteiger partial charge in [-0.3, -0.25) is 9.69 Å². The van der Waals surface area contributed by atoms with Gasteiger partial charge in [0.15, 0.2) is 0 Å². The van der Waals surface area contributed by atoms with Crippen molar-refractivity contribution < 1.29 is 13.9 Å². The van der Waals surface area contributed by atoms with Gasteiger partial charge in [0.25, 0.3) is 0 Å². The van der Waals surface area contributed by atoms with Gasteiger partial charge in [0.05, 0.1) is 6.61 Å². The Hall–Kier alpha value is -2.40. The van der Waals surface area contributed by atoms with Crippen LogP contribution in [0.4, 0.5) is 10.1 Å². The van der Waals surface area contributed by atoms with Crippen molar-refractivity contribution in [2.45, 2.75) is 26.3 Å². The fourth-order valence-electron chi connectivity index (χ4n) is 3.29. The first-order valence-corrected chi connectivity index (χ1v) is 9.14. The van der Waals surface area contributed by atoms with Crippen molar-refractivity contribution in [2.75, 3.05) is 25.0 Å². The van der Waals surface area contributed by atoms with Crippen LogP contribution in [0.1, 0.15) is 25.3 Å². The smallest absolute Gasteiger partial charge is 0.227 e. The minimum Gasteiger partial charge on any atom is -0.494 e. The molecule has 0 atom stereocenters. The van der Waals surface area contributed by atoms with Crippen molar-refractivity contribution in [1.82, 2.24) is 4.90 Å². The first-order chi connectivity index (χ1) is 12.6. The number of benzene rings is 2. The second-order valence-electron chi connectivity index (χ2n) is 6.63. The molecule has 5 heteroatoms. The maximum Gasteiger partial charge on any atom is 0.227 e. The quantitative estimate of drug-likeness (QED) is 0.848. The van der Waals surface area contributed by atoms with Gasteiger partial charge in [0.2, 0.25) is 5.91 Å². The predicted molar refractivity (Wildman–Crippen MR) is 101 cm³/mol. The van der Waals surface area contributed by atoms with Crippen LogP contribution in [-0.4, -0.2) is 30.5 Å². The second-order valence-corrected chi connectivity index (χ2v) is 6.63. The fraction of sp³-hybridized carbons (Fsp3) is 0.381. The van der Waals surface area contributed by atoms with Crippen LogP contribution in [-0.2, 0) is 11.3 Å². The Bertz CT molecular complexity index is 725. The number of nitrogens with one attached hydrogen (secondary N) is 1. The topological polar surface area (TPSA) is 41.6 Å². The molecule has 138 valence electrons. The summed E-state index contributed by atoms with van der Waals surface area (Å²) in [4.78, 5) is 14.8. The molecule has 1 heterocycles. The third kappa shape index (κ3) is 5.05. The van der Waals surface area contributed by atoms with Gasteiger partial charge in [-0.05, 0) is 74.8 Å². The lowest BCUT2D eigenvalue weighted by atomic mass is 9.95. The molecule has 0 radical (unpaired) electrons. The van der Waals surface area contributed by atoms with E-state index in [-0.39, 0.29) is 17.6 Å². The molecule has 1 aliphatic rings. The Labute approximate surface area is 154 Å². The summed E-state index contributed by atoms with van der Waals surface area (Å²) >= 11 is 0. The molecular weight excluding hydrogens is 331 g/mol. The zero-order valence-electron chi connectivity index (χ0n) is 15.1. The van der Waals surface area contributed by atoms with Crippen molar-refractivity contribution in [3.05, 3.63) is 59.9 Å². The molecule has 2 aromatic carbocycles. The van der Waals surface area contributed by atoms with E-state index in [2.05, 4.69) is 22.3 Å². The van der Waals surface area contributed by atoms with Gasteiger partial charge >= 0.3 is 0 Å². The highest BCUT2D eigenvalue weighted by Gasteiger charge is 2.25. The van der Waals surface area contributed by atoms with Crippen LogP contribution < -0.4 is 10.1 Å². The molecule has 3 rings (SSSR count). The highest BCUT2D eigenvalue weighted by molar-refractivity contribution is 5.92. The number of anilines is 1. The number of rotatable bonds is 6. The summed E-state index contributed by atoms with van der Waals surface area (Å²) in [7, 11) is 0. The predicted octanol–water partition coefficient (Wildman–Crippen LogP) is 4.08. The monoisotopic (exact) mass is 356 g/mol. The van der Waals surface area contributed by atoms with Crippen LogP contribution in [0.15, 0.2) is 48.5 Å². The van der Waals surface area contributed by atoms with Gasteiger partial charge in [-0.15, -0.1) is 0 Å². The van der Waals surface area contributed by atoms with Gasteiger partial charge in [-0.2, -0.15) is 0 Å². The van der Waals surface area contributed by atoms with Crippen LogP contribution in [0.25, 0.3) is 0 Å². The summed E-state index contributed by atoms with van der Waals surface area (Å²) in [6.07, 6.45) is 1.66. The molecule has 4 nitrogen and oxygen atoms in total. The molecule has 0 spiro atoms. The number of piperidine rings is 1. The van der Waals surface area contributed by atoms with Crippen molar-refractivity contribution in [3.8, 4) is 5.75 Å². The van der Waals surface area contributed by atoms with E-state index in [0.29, 0.717) is 12.3 Å². The van der Waals surface area contributed by atoms with Crippen LogP contribution in [0.5, 0.6) is 5.75 Å². The third-order valence-electron chi connectivity index (χ3n) is 4.69. The van der Waals surface area contributed by atoms with E-state index in [1.54, 1.807) is 12.1 Å². The fourth-order valence-corrected chi connectivity index (χ4v) is 3.29. The molecule has 1 aliphatic heterocycles. The minimum absolute atomic E-state index is 0.00561. The first-order valence-electron chi connectivity index (χ1n) is 9.14. The maximum absolute atomic E-state index is 12.9.